The van der Waals surface area contributed by atoms with Crippen molar-refractivity contribution < 1.29 is 14.1 Å². The number of aryl methyl sites for hydroxylation is 1. The number of rotatable bonds is 4. The molecule has 1 aromatic carbocycles. The first-order valence-electron chi connectivity index (χ1n) is 5.04. The van der Waals surface area contributed by atoms with Crippen LogP contribution < -0.4 is 10.5 Å². The summed E-state index contributed by atoms with van der Waals surface area (Å²) >= 11 is 0. The van der Waals surface area contributed by atoms with Crippen molar-refractivity contribution in [1.82, 2.24) is 0 Å². The van der Waals surface area contributed by atoms with Gasteiger partial charge in [0, 0.05) is 5.56 Å². The average molecular weight is 253 g/mol. The van der Waals surface area contributed by atoms with Crippen LogP contribution in [0.15, 0.2) is 12.1 Å². The van der Waals surface area contributed by atoms with E-state index in [2.05, 4.69) is 0 Å². The van der Waals surface area contributed by atoms with Crippen molar-refractivity contribution in [2.75, 3.05) is 6.61 Å². The van der Waals surface area contributed by atoms with Gasteiger partial charge in [-0.15, -0.1) is 0 Å². The zero-order valence-corrected chi connectivity index (χ0v) is 9.94. The largest absolute Gasteiger partial charge is 0.487 e. The summed E-state index contributed by atoms with van der Waals surface area (Å²) in [4.78, 5) is 9.91. The summed E-state index contributed by atoms with van der Waals surface area (Å²) in [5, 5.41) is 19.3. The summed E-state index contributed by atoms with van der Waals surface area (Å²) in [5.74, 6) is -1.02. The van der Waals surface area contributed by atoms with Crippen LogP contribution in [-0.4, -0.2) is 17.1 Å². The molecule has 1 atom stereocenters. The summed E-state index contributed by atoms with van der Waals surface area (Å²) in [6.45, 7) is 2.69. The molecule has 0 fully saturated rings. The van der Waals surface area contributed by atoms with Gasteiger partial charge in [0.15, 0.2) is 11.6 Å². The molecule has 1 unspecified atom stereocenters. The molecule has 0 heterocycles. The van der Waals surface area contributed by atoms with Crippen LogP contribution >= 0.6 is 0 Å². The molecule has 0 spiro atoms. The fourth-order valence-corrected chi connectivity index (χ4v) is 1.21. The number of halogens is 1. The third kappa shape index (κ3) is 3.15. The van der Waals surface area contributed by atoms with Gasteiger partial charge in [-0.3, -0.25) is 10.1 Å². The lowest BCUT2D eigenvalue weighted by molar-refractivity contribution is -0.385. The van der Waals surface area contributed by atoms with Gasteiger partial charge in [-0.1, -0.05) is 0 Å². The second-order valence-electron chi connectivity index (χ2n) is 4.14. The van der Waals surface area contributed by atoms with Crippen molar-refractivity contribution in [1.29, 1.82) is 5.26 Å². The number of nitrogens with zero attached hydrogens (tertiary/aromatic N) is 2. The molecule has 0 saturated carbocycles. The van der Waals surface area contributed by atoms with Crippen molar-refractivity contribution in [3.63, 3.8) is 0 Å². The average Bonchev–Trinajstić information content (AvgIpc) is 2.29. The fraction of sp³-hybridized carbons (Fsp3) is 0.364. The first-order chi connectivity index (χ1) is 8.26. The lowest BCUT2D eigenvalue weighted by Gasteiger charge is -2.16. The molecule has 0 radical (unpaired) electrons. The highest BCUT2D eigenvalue weighted by Gasteiger charge is 2.21. The molecule has 0 aliphatic carbocycles. The zero-order valence-electron chi connectivity index (χ0n) is 9.94. The summed E-state index contributed by atoms with van der Waals surface area (Å²) in [5.41, 5.74) is 4.21. The maximum atomic E-state index is 13.5. The highest BCUT2D eigenvalue weighted by Crippen LogP contribution is 2.27. The molecule has 0 aromatic heterocycles. The van der Waals surface area contributed by atoms with E-state index < -0.39 is 16.3 Å². The number of nitrogens with two attached hydrogens (primary N) is 1. The Morgan fingerprint density at radius 3 is 2.78 bits per heavy atom. The number of nitro benzene ring substituents is 1. The molecule has 0 aliphatic heterocycles. The van der Waals surface area contributed by atoms with Crippen molar-refractivity contribution in [3.8, 4) is 11.8 Å². The van der Waals surface area contributed by atoms with Crippen LogP contribution in [0.25, 0.3) is 0 Å². The summed E-state index contributed by atoms with van der Waals surface area (Å²) in [6, 6.07) is 3.79. The predicted molar refractivity (Wildman–Crippen MR) is 61.5 cm³/mol. The van der Waals surface area contributed by atoms with Crippen molar-refractivity contribution in [2.24, 2.45) is 5.73 Å². The molecule has 96 valence electrons. The van der Waals surface area contributed by atoms with Crippen LogP contribution in [0.1, 0.15) is 12.5 Å². The Kier molecular flexibility index (Phi) is 3.83. The minimum Gasteiger partial charge on any atom is -0.487 e. The molecule has 2 N–H and O–H groups in total. The van der Waals surface area contributed by atoms with Crippen molar-refractivity contribution >= 4 is 5.69 Å². The van der Waals surface area contributed by atoms with E-state index in [0.29, 0.717) is 0 Å². The maximum absolute atomic E-state index is 13.5. The standard InChI is InChI=1S/C11H12FN3O3/c1-7-3-10(18-6-11(2,14)5-13)8(12)4-9(7)15(16)17/h3-4H,6,14H2,1-2H3. The Morgan fingerprint density at radius 2 is 2.28 bits per heavy atom. The summed E-state index contributed by atoms with van der Waals surface area (Å²) in [7, 11) is 0. The van der Waals surface area contributed by atoms with Gasteiger partial charge >= 0.3 is 0 Å². The Morgan fingerprint density at radius 1 is 1.67 bits per heavy atom. The fourth-order valence-electron chi connectivity index (χ4n) is 1.21. The van der Waals surface area contributed by atoms with Crippen LogP contribution in [0.4, 0.5) is 10.1 Å². The maximum Gasteiger partial charge on any atom is 0.275 e. The van der Waals surface area contributed by atoms with Gasteiger partial charge in [-0.25, -0.2) is 4.39 Å². The van der Waals surface area contributed by atoms with Gasteiger partial charge in [0.2, 0.25) is 0 Å². The minimum absolute atomic E-state index is 0.162. The number of ether oxygens (including phenoxy) is 1. The van der Waals surface area contributed by atoms with Gasteiger partial charge in [0.1, 0.15) is 12.1 Å². The van der Waals surface area contributed by atoms with E-state index in [1.807, 2.05) is 0 Å². The Balaban J connectivity index is 2.96. The van der Waals surface area contributed by atoms with E-state index in [-0.39, 0.29) is 23.6 Å². The molecule has 1 aromatic rings. The first-order valence-corrected chi connectivity index (χ1v) is 5.04. The second-order valence-corrected chi connectivity index (χ2v) is 4.14. The van der Waals surface area contributed by atoms with Crippen molar-refractivity contribution in [3.05, 3.63) is 33.6 Å². The minimum atomic E-state index is -1.25. The Bertz CT molecular complexity index is 523. The molecule has 7 heteroatoms. The van der Waals surface area contributed by atoms with Gasteiger partial charge in [-0.2, -0.15) is 5.26 Å². The molecule has 0 bridgehead atoms. The van der Waals surface area contributed by atoms with E-state index in [0.717, 1.165) is 6.07 Å². The van der Waals surface area contributed by atoms with Crippen LogP contribution in [-0.2, 0) is 0 Å². The molecule has 0 saturated heterocycles. The number of nitriles is 1. The second kappa shape index (κ2) is 4.98. The van der Waals surface area contributed by atoms with Crippen LogP contribution in [0.3, 0.4) is 0 Å². The quantitative estimate of drug-likeness (QED) is 0.649. The lowest BCUT2D eigenvalue weighted by Crippen LogP contribution is -2.40. The van der Waals surface area contributed by atoms with E-state index in [4.69, 9.17) is 15.7 Å². The van der Waals surface area contributed by atoms with E-state index in [1.54, 1.807) is 6.07 Å². The highest BCUT2D eigenvalue weighted by molar-refractivity contribution is 5.45. The third-order valence-electron chi connectivity index (χ3n) is 2.23. The highest BCUT2D eigenvalue weighted by atomic mass is 19.1. The summed E-state index contributed by atoms with van der Waals surface area (Å²) in [6.07, 6.45) is 0. The number of hydrogen-bond donors (Lipinski definition) is 1. The number of benzene rings is 1. The third-order valence-corrected chi connectivity index (χ3v) is 2.23. The van der Waals surface area contributed by atoms with Crippen LogP contribution in [0, 0.1) is 34.2 Å². The lowest BCUT2D eigenvalue weighted by atomic mass is 10.1. The SMILES string of the molecule is Cc1cc(OCC(C)(N)C#N)c(F)cc1[N+](=O)[O-]. The number of hydrogen-bond acceptors (Lipinski definition) is 5. The van der Waals surface area contributed by atoms with E-state index in [9.17, 15) is 14.5 Å². The Hall–Kier alpha value is -2.20. The van der Waals surface area contributed by atoms with Gasteiger partial charge in [0.25, 0.3) is 5.69 Å². The molecule has 0 amide bonds. The molecular weight excluding hydrogens is 241 g/mol. The predicted octanol–water partition coefficient (Wildman–Crippen LogP) is 1.66. The molecule has 0 aliphatic rings. The number of nitro groups is 1. The Labute approximate surface area is 103 Å². The van der Waals surface area contributed by atoms with Crippen LogP contribution in [0.5, 0.6) is 5.75 Å². The van der Waals surface area contributed by atoms with E-state index >= 15 is 0 Å². The van der Waals surface area contributed by atoms with Gasteiger partial charge < -0.3 is 10.5 Å². The molecule has 1 rings (SSSR count). The monoisotopic (exact) mass is 253 g/mol. The first kappa shape index (κ1) is 13.9. The normalized spacial score (nSPS) is 13.5. The van der Waals surface area contributed by atoms with Crippen LogP contribution in [0.2, 0.25) is 0 Å². The molecule has 18 heavy (non-hydrogen) atoms. The molecule has 6 nitrogen and oxygen atoms in total. The smallest absolute Gasteiger partial charge is 0.275 e. The van der Waals surface area contributed by atoms with Gasteiger partial charge in [0.05, 0.1) is 17.1 Å². The summed E-state index contributed by atoms with van der Waals surface area (Å²) < 4.78 is 18.6. The topological polar surface area (TPSA) is 102 Å². The van der Waals surface area contributed by atoms with Gasteiger partial charge in [-0.05, 0) is 19.9 Å². The zero-order chi connectivity index (χ0) is 13.9. The van der Waals surface area contributed by atoms with Crippen molar-refractivity contribution in [2.45, 2.75) is 19.4 Å². The molecular formula is C11H12FN3O3. The van der Waals surface area contributed by atoms with E-state index in [1.165, 1.54) is 19.9 Å².